The lowest BCUT2D eigenvalue weighted by Gasteiger charge is -2.09. The van der Waals surface area contributed by atoms with Gasteiger partial charge in [0.05, 0.1) is 6.54 Å². The highest BCUT2D eigenvalue weighted by Gasteiger charge is 2.25. The number of rotatable bonds is 6. The summed E-state index contributed by atoms with van der Waals surface area (Å²) in [6.45, 7) is -1.16. The number of carbonyl (C=O) groups excluding carboxylic acids is 1. The van der Waals surface area contributed by atoms with Crippen molar-refractivity contribution in [3.63, 3.8) is 0 Å². The van der Waals surface area contributed by atoms with E-state index in [-0.39, 0.29) is 13.2 Å². The fourth-order valence-electron chi connectivity index (χ4n) is 1.21. The van der Waals surface area contributed by atoms with Crippen molar-refractivity contribution in [3.05, 3.63) is 29.8 Å². The maximum Gasteiger partial charge on any atom is 0.401 e. The molecular weight excluding hydrogens is 249 g/mol. The molecule has 3 N–H and O–H groups in total. The first-order chi connectivity index (χ1) is 8.37. The van der Waals surface area contributed by atoms with Crippen LogP contribution < -0.4 is 15.8 Å². The maximum atomic E-state index is 11.9. The van der Waals surface area contributed by atoms with Gasteiger partial charge in [-0.05, 0) is 17.7 Å². The Bertz CT molecular complexity index is 390. The van der Waals surface area contributed by atoms with E-state index in [0.717, 1.165) is 0 Å². The lowest BCUT2D eigenvalue weighted by molar-refractivity contribution is -0.125. The summed E-state index contributed by atoms with van der Waals surface area (Å²) in [4.78, 5) is 10.5. The number of alkyl halides is 3. The number of hydrogen-bond acceptors (Lipinski definition) is 3. The van der Waals surface area contributed by atoms with Gasteiger partial charge in [-0.2, -0.15) is 13.2 Å². The highest BCUT2D eigenvalue weighted by Crippen LogP contribution is 2.14. The SMILES string of the molecule is NC(=O)COc1ccc(CNCC(F)(F)F)cc1. The molecule has 1 aromatic carbocycles. The van der Waals surface area contributed by atoms with Crippen molar-refractivity contribution < 1.29 is 22.7 Å². The average molecular weight is 262 g/mol. The van der Waals surface area contributed by atoms with Gasteiger partial charge in [-0.25, -0.2) is 0 Å². The van der Waals surface area contributed by atoms with Gasteiger partial charge in [-0.15, -0.1) is 0 Å². The van der Waals surface area contributed by atoms with E-state index in [2.05, 4.69) is 5.32 Å². The van der Waals surface area contributed by atoms with E-state index in [1.165, 1.54) is 0 Å². The molecule has 1 rings (SSSR count). The second-order valence-electron chi connectivity index (χ2n) is 3.62. The molecule has 18 heavy (non-hydrogen) atoms. The molecule has 1 aromatic rings. The average Bonchev–Trinajstić information content (AvgIpc) is 2.26. The van der Waals surface area contributed by atoms with Crippen molar-refractivity contribution >= 4 is 5.91 Å². The van der Waals surface area contributed by atoms with Crippen molar-refractivity contribution in [2.75, 3.05) is 13.2 Å². The maximum absolute atomic E-state index is 11.9. The number of nitrogens with two attached hydrogens (primary N) is 1. The van der Waals surface area contributed by atoms with E-state index in [9.17, 15) is 18.0 Å². The monoisotopic (exact) mass is 262 g/mol. The summed E-state index contributed by atoms with van der Waals surface area (Å²) in [5.41, 5.74) is 5.58. The third-order valence-corrected chi connectivity index (χ3v) is 1.96. The van der Waals surface area contributed by atoms with E-state index in [0.29, 0.717) is 11.3 Å². The second kappa shape index (κ2) is 6.25. The van der Waals surface area contributed by atoms with Gasteiger partial charge < -0.3 is 15.8 Å². The highest BCUT2D eigenvalue weighted by molar-refractivity contribution is 5.75. The molecular formula is C11H13F3N2O2. The van der Waals surface area contributed by atoms with Crippen LogP contribution in [0.5, 0.6) is 5.75 Å². The predicted molar refractivity (Wildman–Crippen MR) is 58.9 cm³/mol. The molecule has 100 valence electrons. The lowest BCUT2D eigenvalue weighted by atomic mass is 10.2. The van der Waals surface area contributed by atoms with Gasteiger partial charge in [0, 0.05) is 6.54 Å². The van der Waals surface area contributed by atoms with Crippen LogP contribution in [0.4, 0.5) is 13.2 Å². The number of carbonyl (C=O) groups is 1. The predicted octanol–water partition coefficient (Wildman–Crippen LogP) is 1.20. The summed E-state index contributed by atoms with van der Waals surface area (Å²) in [6.07, 6.45) is -4.22. The first-order valence-electron chi connectivity index (χ1n) is 5.14. The molecule has 0 aliphatic heterocycles. The molecule has 0 radical (unpaired) electrons. The van der Waals surface area contributed by atoms with Gasteiger partial charge in [0.25, 0.3) is 5.91 Å². The molecule has 0 saturated carbocycles. The molecule has 0 unspecified atom stereocenters. The number of halogens is 3. The molecule has 1 amide bonds. The van der Waals surface area contributed by atoms with Gasteiger partial charge in [0.2, 0.25) is 0 Å². The fourth-order valence-corrected chi connectivity index (χ4v) is 1.21. The summed E-state index contributed by atoms with van der Waals surface area (Å²) in [6, 6.07) is 6.35. The number of primary amides is 1. The molecule has 0 fully saturated rings. The van der Waals surface area contributed by atoms with E-state index in [4.69, 9.17) is 10.5 Å². The van der Waals surface area contributed by atoms with Crippen molar-refractivity contribution in [1.29, 1.82) is 0 Å². The molecule has 0 bridgehead atoms. The van der Waals surface area contributed by atoms with Gasteiger partial charge in [0.15, 0.2) is 6.61 Å². The quantitative estimate of drug-likeness (QED) is 0.809. The van der Waals surface area contributed by atoms with Gasteiger partial charge in [-0.3, -0.25) is 4.79 Å². The topological polar surface area (TPSA) is 64.4 Å². The van der Waals surface area contributed by atoms with Gasteiger partial charge >= 0.3 is 6.18 Å². The van der Waals surface area contributed by atoms with Crippen LogP contribution >= 0.6 is 0 Å². The van der Waals surface area contributed by atoms with E-state index in [1.54, 1.807) is 24.3 Å². The van der Waals surface area contributed by atoms with E-state index in [1.807, 2.05) is 0 Å². The number of ether oxygens (including phenoxy) is 1. The number of benzene rings is 1. The van der Waals surface area contributed by atoms with Crippen LogP contribution in [0.15, 0.2) is 24.3 Å². The molecule has 0 spiro atoms. The Morgan fingerprint density at radius 3 is 2.39 bits per heavy atom. The second-order valence-corrected chi connectivity index (χ2v) is 3.62. The van der Waals surface area contributed by atoms with E-state index >= 15 is 0 Å². The van der Waals surface area contributed by atoms with Crippen molar-refractivity contribution in [2.24, 2.45) is 5.73 Å². The Labute approximate surface area is 102 Å². The van der Waals surface area contributed by atoms with Crippen LogP contribution in [0.25, 0.3) is 0 Å². The summed E-state index contributed by atoms with van der Waals surface area (Å²) >= 11 is 0. The van der Waals surface area contributed by atoms with Crippen LogP contribution in [0, 0.1) is 0 Å². The molecule has 0 saturated heterocycles. The molecule has 4 nitrogen and oxygen atoms in total. The van der Waals surface area contributed by atoms with Crippen molar-refractivity contribution in [2.45, 2.75) is 12.7 Å². The van der Waals surface area contributed by atoms with Crippen molar-refractivity contribution in [3.8, 4) is 5.75 Å². The van der Waals surface area contributed by atoms with Gasteiger partial charge in [-0.1, -0.05) is 12.1 Å². The summed E-state index contributed by atoms with van der Waals surface area (Å²) < 4.78 is 40.6. The minimum atomic E-state index is -4.22. The largest absolute Gasteiger partial charge is 0.484 e. The fraction of sp³-hybridized carbons (Fsp3) is 0.364. The smallest absolute Gasteiger partial charge is 0.401 e. The Morgan fingerprint density at radius 1 is 1.28 bits per heavy atom. The zero-order chi connectivity index (χ0) is 13.6. The molecule has 0 heterocycles. The van der Waals surface area contributed by atoms with Gasteiger partial charge in [0.1, 0.15) is 5.75 Å². The molecule has 0 aliphatic rings. The number of nitrogens with one attached hydrogen (secondary N) is 1. The normalized spacial score (nSPS) is 11.3. The van der Waals surface area contributed by atoms with Crippen molar-refractivity contribution in [1.82, 2.24) is 5.32 Å². The number of hydrogen-bond donors (Lipinski definition) is 2. The standard InChI is InChI=1S/C11H13F3N2O2/c12-11(13,14)7-16-5-8-1-3-9(4-2-8)18-6-10(15)17/h1-4,16H,5-7H2,(H2,15,17). The minimum Gasteiger partial charge on any atom is -0.484 e. The highest BCUT2D eigenvalue weighted by atomic mass is 19.4. The lowest BCUT2D eigenvalue weighted by Crippen LogP contribution is -2.28. The first kappa shape index (κ1) is 14.3. The third kappa shape index (κ3) is 6.09. The minimum absolute atomic E-state index is 0.107. The summed E-state index contributed by atoms with van der Waals surface area (Å²) in [5.74, 6) is -0.153. The Morgan fingerprint density at radius 2 is 1.89 bits per heavy atom. The van der Waals surface area contributed by atoms with Crippen LogP contribution in [0.3, 0.4) is 0 Å². The van der Waals surface area contributed by atoms with Crippen LogP contribution in [0.2, 0.25) is 0 Å². The molecule has 0 aliphatic carbocycles. The summed E-state index contributed by atoms with van der Waals surface area (Å²) in [7, 11) is 0. The van der Waals surface area contributed by atoms with Crippen LogP contribution in [0.1, 0.15) is 5.56 Å². The molecule has 0 aromatic heterocycles. The third-order valence-electron chi connectivity index (χ3n) is 1.96. The molecule has 7 heteroatoms. The number of amides is 1. The summed E-state index contributed by atoms with van der Waals surface area (Å²) in [5, 5.41) is 2.27. The first-order valence-corrected chi connectivity index (χ1v) is 5.14. The Hall–Kier alpha value is -1.76. The Kier molecular flexibility index (Phi) is 4.96. The van der Waals surface area contributed by atoms with Crippen LogP contribution in [-0.4, -0.2) is 25.2 Å². The van der Waals surface area contributed by atoms with Crippen LogP contribution in [-0.2, 0) is 11.3 Å². The Balaban J connectivity index is 2.38. The van der Waals surface area contributed by atoms with E-state index < -0.39 is 18.6 Å². The molecule has 0 atom stereocenters. The zero-order valence-electron chi connectivity index (χ0n) is 9.46. The zero-order valence-corrected chi connectivity index (χ0v) is 9.46.